The quantitative estimate of drug-likeness (QED) is 0.766. The van der Waals surface area contributed by atoms with Crippen LogP contribution in [0.5, 0.6) is 0 Å². The average Bonchev–Trinajstić information content (AvgIpc) is 2.89. The molecule has 0 amide bonds. The van der Waals surface area contributed by atoms with Crippen molar-refractivity contribution in [1.29, 1.82) is 0 Å². The molecule has 0 aliphatic carbocycles. The SMILES string of the molecule is O=C(O)c1ccc2oc(-c3ccccc3C(=O)O)nc2c1. The number of nitrogens with zero attached hydrogens (tertiary/aromatic N) is 1. The number of benzene rings is 2. The zero-order valence-electron chi connectivity index (χ0n) is 10.6. The Hall–Kier alpha value is -3.15. The van der Waals surface area contributed by atoms with Crippen LogP contribution >= 0.6 is 0 Å². The molecule has 0 bridgehead atoms. The van der Waals surface area contributed by atoms with Gasteiger partial charge in [-0.3, -0.25) is 0 Å². The van der Waals surface area contributed by atoms with E-state index in [9.17, 15) is 14.7 Å². The third-order valence-electron chi connectivity index (χ3n) is 3.02. The maximum absolute atomic E-state index is 11.2. The van der Waals surface area contributed by atoms with Crippen LogP contribution in [0.4, 0.5) is 0 Å². The highest BCUT2D eigenvalue weighted by Crippen LogP contribution is 2.27. The van der Waals surface area contributed by atoms with E-state index in [1.54, 1.807) is 18.2 Å². The van der Waals surface area contributed by atoms with Gasteiger partial charge in [-0.2, -0.15) is 0 Å². The lowest BCUT2D eigenvalue weighted by molar-refractivity contribution is 0.0686. The molecule has 2 aromatic carbocycles. The first kappa shape index (κ1) is 12.9. The van der Waals surface area contributed by atoms with Crippen molar-refractivity contribution in [3.05, 3.63) is 53.6 Å². The van der Waals surface area contributed by atoms with Crippen LogP contribution in [-0.4, -0.2) is 27.1 Å². The zero-order chi connectivity index (χ0) is 15.0. The van der Waals surface area contributed by atoms with Crippen molar-refractivity contribution < 1.29 is 24.2 Å². The number of aromatic carboxylic acids is 2. The number of carboxylic acid groups (broad SMARTS) is 2. The fourth-order valence-corrected chi connectivity index (χ4v) is 2.03. The Morgan fingerprint density at radius 1 is 1.00 bits per heavy atom. The van der Waals surface area contributed by atoms with E-state index in [0.717, 1.165) is 0 Å². The molecule has 0 fully saturated rings. The summed E-state index contributed by atoms with van der Waals surface area (Å²) >= 11 is 0. The highest BCUT2D eigenvalue weighted by Gasteiger charge is 2.16. The molecule has 3 aromatic rings. The summed E-state index contributed by atoms with van der Waals surface area (Å²) in [5, 5.41) is 18.1. The van der Waals surface area contributed by atoms with Crippen LogP contribution in [0, 0.1) is 0 Å². The minimum atomic E-state index is -1.08. The molecule has 0 atom stereocenters. The zero-order valence-corrected chi connectivity index (χ0v) is 10.6. The van der Waals surface area contributed by atoms with Gasteiger partial charge >= 0.3 is 11.9 Å². The lowest BCUT2D eigenvalue weighted by Crippen LogP contribution is -1.98. The summed E-state index contributed by atoms with van der Waals surface area (Å²) in [6.45, 7) is 0. The van der Waals surface area contributed by atoms with E-state index in [1.165, 1.54) is 24.3 Å². The molecular weight excluding hydrogens is 274 g/mol. The van der Waals surface area contributed by atoms with Crippen molar-refractivity contribution >= 4 is 23.0 Å². The third kappa shape index (κ3) is 2.23. The number of fused-ring (bicyclic) bond motifs is 1. The van der Waals surface area contributed by atoms with Gasteiger partial charge in [-0.25, -0.2) is 14.6 Å². The molecular formula is C15H9NO5. The van der Waals surface area contributed by atoms with Gasteiger partial charge in [-0.15, -0.1) is 0 Å². The Bertz CT molecular complexity index is 865. The summed E-state index contributed by atoms with van der Waals surface area (Å²) in [6, 6.07) is 10.6. The molecule has 0 aliphatic rings. The van der Waals surface area contributed by atoms with Crippen LogP contribution in [0.3, 0.4) is 0 Å². The standard InChI is InChI=1S/C15H9NO5/c17-14(18)8-5-6-12-11(7-8)16-13(21-12)9-3-1-2-4-10(9)15(19)20/h1-7H,(H,17,18)(H,19,20). The maximum atomic E-state index is 11.2. The van der Waals surface area contributed by atoms with E-state index < -0.39 is 11.9 Å². The van der Waals surface area contributed by atoms with Crippen molar-refractivity contribution in [2.24, 2.45) is 0 Å². The first-order valence-corrected chi connectivity index (χ1v) is 6.03. The molecule has 21 heavy (non-hydrogen) atoms. The van der Waals surface area contributed by atoms with Gasteiger partial charge < -0.3 is 14.6 Å². The molecule has 0 radical (unpaired) electrons. The summed E-state index contributed by atoms with van der Waals surface area (Å²) in [7, 11) is 0. The van der Waals surface area contributed by atoms with Gasteiger partial charge in [-0.05, 0) is 30.3 Å². The number of hydrogen-bond donors (Lipinski definition) is 2. The molecule has 0 saturated carbocycles. The summed E-state index contributed by atoms with van der Waals surface area (Å²) in [5.74, 6) is -2.00. The van der Waals surface area contributed by atoms with Crippen molar-refractivity contribution in [2.45, 2.75) is 0 Å². The van der Waals surface area contributed by atoms with Crippen molar-refractivity contribution in [3.8, 4) is 11.5 Å². The molecule has 3 rings (SSSR count). The second-order valence-electron chi connectivity index (χ2n) is 4.36. The van der Waals surface area contributed by atoms with E-state index in [2.05, 4.69) is 4.98 Å². The van der Waals surface area contributed by atoms with Crippen molar-refractivity contribution in [2.75, 3.05) is 0 Å². The Morgan fingerprint density at radius 2 is 1.76 bits per heavy atom. The molecule has 104 valence electrons. The lowest BCUT2D eigenvalue weighted by atomic mass is 10.1. The fraction of sp³-hybridized carbons (Fsp3) is 0. The minimum absolute atomic E-state index is 0.0718. The summed E-state index contributed by atoms with van der Waals surface area (Å²) in [6.07, 6.45) is 0. The van der Waals surface area contributed by atoms with Gasteiger partial charge in [0.2, 0.25) is 5.89 Å². The van der Waals surface area contributed by atoms with Gasteiger partial charge in [0, 0.05) is 0 Å². The second-order valence-corrected chi connectivity index (χ2v) is 4.36. The summed E-state index contributed by atoms with van der Waals surface area (Å²) in [4.78, 5) is 26.3. The molecule has 0 aliphatic heterocycles. The van der Waals surface area contributed by atoms with E-state index >= 15 is 0 Å². The molecule has 0 spiro atoms. The largest absolute Gasteiger partial charge is 0.478 e. The maximum Gasteiger partial charge on any atom is 0.336 e. The first-order valence-electron chi connectivity index (χ1n) is 6.03. The van der Waals surface area contributed by atoms with Crippen molar-refractivity contribution in [3.63, 3.8) is 0 Å². The van der Waals surface area contributed by atoms with Crippen LogP contribution in [-0.2, 0) is 0 Å². The minimum Gasteiger partial charge on any atom is -0.478 e. The summed E-state index contributed by atoms with van der Waals surface area (Å²) < 4.78 is 5.51. The molecule has 2 N–H and O–H groups in total. The average molecular weight is 283 g/mol. The van der Waals surface area contributed by atoms with E-state index in [0.29, 0.717) is 16.7 Å². The van der Waals surface area contributed by atoms with Gasteiger partial charge in [0.1, 0.15) is 5.52 Å². The number of hydrogen-bond acceptors (Lipinski definition) is 4. The number of carboxylic acids is 2. The predicted octanol–water partition coefficient (Wildman–Crippen LogP) is 2.89. The van der Waals surface area contributed by atoms with Gasteiger partial charge in [0.15, 0.2) is 5.58 Å². The van der Waals surface area contributed by atoms with Gasteiger partial charge in [0.25, 0.3) is 0 Å². The first-order chi connectivity index (χ1) is 10.1. The molecule has 6 heteroatoms. The number of aromatic nitrogens is 1. The van der Waals surface area contributed by atoms with E-state index in [4.69, 9.17) is 9.52 Å². The van der Waals surface area contributed by atoms with Gasteiger partial charge in [-0.1, -0.05) is 12.1 Å². The molecule has 0 unspecified atom stereocenters. The summed E-state index contributed by atoms with van der Waals surface area (Å²) in [5.41, 5.74) is 1.27. The second kappa shape index (κ2) is 4.75. The smallest absolute Gasteiger partial charge is 0.336 e. The van der Waals surface area contributed by atoms with Crippen LogP contribution in [0.25, 0.3) is 22.6 Å². The molecule has 1 aromatic heterocycles. The fourth-order valence-electron chi connectivity index (χ4n) is 2.03. The number of rotatable bonds is 3. The van der Waals surface area contributed by atoms with Crippen LogP contribution < -0.4 is 0 Å². The Balaban J connectivity index is 2.18. The van der Waals surface area contributed by atoms with Crippen LogP contribution in [0.1, 0.15) is 20.7 Å². The van der Waals surface area contributed by atoms with Crippen LogP contribution in [0.2, 0.25) is 0 Å². The third-order valence-corrected chi connectivity index (χ3v) is 3.02. The highest BCUT2D eigenvalue weighted by atomic mass is 16.4. The topological polar surface area (TPSA) is 101 Å². The molecule has 1 heterocycles. The molecule has 0 saturated heterocycles. The van der Waals surface area contributed by atoms with Gasteiger partial charge in [0.05, 0.1) is 16.7 Å². The lowest BCUT2D eigenvalue weighted by Gasteiger charge is -2.00. The Kier molecular flexibility index (Phi) is 2.91. The number of oxazole rings is 1. The van der Waals surface area contributed by atoms with Crippen molar-refractivity contribution in [1.82, 2.24) is 4.98 Å². The predicted molar refractivity (Wildman–Crippen MR) is 73.4 cm³/mol. The van der Waals surface area contributed by atoms with E-state index in [-0.39, 0.29) is 17.0 Å². The monoisotopic (exact) mass is 283 g/mol. The Morgan fingerprint density at radius 3 is 2.48 bits per heavy atom. The normalized spacial score (nSPS) is 10.7. The van der Waals surface area contributed by atoms with Crippen LogP contribution in [0.15, 0.2) is 46.9 Å². The van der Waals surface area contributed by atoms with E-state index in [1.807, 2.05) is 0 Å². The highest BCUT2D eigenvalue weighted by molar-refractivity contribution is 5.96. The number of carbonyl (C=O) groups is 2. The molecule has 6 nitrogen and oxygen atoms in total. The Labute approximate surface area is 118 Å².